The van der Waals surface area contributed by atoms with E-state index in [0.717, 1.165) is 24.6 Å². The number of hydrogen-bond donors (Lipinski definition) is 1. The van der Waals surface area contributed by atoms with Crippen molar-refractivity contribution in [3.8, 4) is 0 Å². The van der Waals surface area contributed by atoms with Gasteiger partial charge in [0.05, 0.1) is 5.69 Å². The molecule has 102 valence electrons. The van der Waals surface area contributed by atoms with Gasteiger partial charge >= 0.3 is 0 Å². The normalized spacial score (nSPS) is 12.6. The number of hydrogen-bond acceptors (Lipinski definition) is 3. The molecule has 2 heterocycles. The highest BCUT2D eigenvalue weighted by Crippen LogP contribution is 2.22. The van der Waals surface area contributed by atoms with Gasteiger partial charge < -0.3 is 9.88 Å². The van der Waals surface area contributed by atoms with Gasteiger partial charge in [0, 0.05) is 25.1 Å². The minimum Gasteiger partial charge on any atom is -0.334 e. The number of aryl methyl sites for hydroxylation is 3. The zero-order valence-electron chi connectivity index (χ0n) is 12.1. The summed E-state index contributed by atoms with van der Waals surface area (Å²) in [6.07, 6.45) is 5.79. The van der Waals surface area contributed by atoms with Crippen LogP contribution in [0, 0.1) is 13.8 Å². The third-order valence-corrected chi connectivity index (χ3v) is 3.28. The molecule has 0 fully saturated rings. The Morgan fingerprint density at radius 2 is 2.05 bits per heavy atom. The number of nitrogens with zero attached hydrogens (tertiary/aromatic N) is 3. The Kier molecular flexibility index (Phi) is 4.32. The predicted octanol–water partition coefficient (Wildman–Crippen LogP) is 2.61. The van der Waals surface area contributed by atoms with Crippen molar-refractivity contribution in [3.05, 3.63) is 47.3 Å². The van der Waals surface area contributed by atoms with Crippen LogP contribution in [-0.4, -0.2) is 21.1 Å². The number of imidazole rings is 1. The van der Waals surface area contributed by atoms with Gasteiger partial charge in [-0.25, -0.2) is 4.98 Å². The lowest BCUT2D eigenvalue weighted by molar-refractivity contribution is 0.546. The Hall–Kier alpha value is -1.68. The molecule has 0 aliphatic carbocycles. The van der Waals surface area contributed by atoms with Crippen molar-refractivity contribution in [2.75, 3.05) is 6.54 Å². The fourth-order valence-electron chi connectivity index (χ4n) is 2.39. The fraction of sp³-hybridized carbons (Fsp3) is 0.467. The second kappa shape index (κ2) is 5.97. The van der Waals surface area contributed by atoms with Gasteiger partial charge in [-0.3, -0.25) is 4.98 Å². The van der Waals surface area contributed by atoms with Gasteiger partial charge in [0.25, 0.3) is 0 Å². The first kappa shape index (κ1) is 13.7. The molecule has 0 saturated heterocycles. The van der Waals surface area contributed by atoms with E-state index in [1.54, 1.807) is 0 Å². The van der Waals surface area contributed by atoms with E-state index >= 15 is 0 Å². The summed E-state index contributed by atoms with van der Waals surface area (Å²) < 4.78 is 2.16. The van der Waals surface area contributed by atoms with Gasteiger partial charge in [0.1, 0.15) is 11.9 Å². The van der Waals surface area contributed by atoms with Crippen LogP contribution in [0.5, 0.6) is 0 Å². The van der Waals surface area contributed by atoms with Crippen LogP contribution in [0.3, 0.4) is 0 Å². The largest absolute Gasteiger partial charge is 0.334 e. The molecule has 0 spiro atoms. The standard InChI is InChI=1S/C15H22N4/c1-5-16-14(15-17-7-8-19(15)6-2)13-12(4)9-11(3)10-18-13/h7-10,14,16H,5-6H2,1-4H3. The molecule has 0 amide bonds. The monoisotopic (exact) mass is 258 g/mol. The van der Waals surface area contributed by atoms with E-state index in [4.69, 9.17) is 0 Å². The van der Waals surface area contributed by atoms with Gasteiger partial charge in [-0.1, -0.05) is 13.0 Å². The van der Waals surface area contributed by atoms with Crippen LogP contribution in [-0.2, 0) is 6.54 Å². The van der Waals surface area contributed by atoms with Gasteiger partial charge in [-0.2, -0.15) is 0 Å². The van der Waals surface area contributed by atoms with Gasteiger partial charge in [-0.15, -0.1) is 0 Å². The molecule has 4 heteroatoms. The van der Waals surface area contributed by atoms with Crippen molar-refractivity contribution in [2.45, 2.75) is 40.3 Å². The quantitative estimate of drug-likeness (QED) is 0.896. The van der Waals surface area contributed by atoms with Crippen LogP contribution in [0.1, 0.15) is 42.5 Å². The van der Waals surface area contributed by atoms with Crippen LogP contribution in [0.4, 0.5) is 0 Å². The molecule has 19 heavy (non-hydrogen) atoms. The molecule has 2 aromatic heterocycles. The molecular weight excluding hydrogens is 236 g/mol. The minimum absolute atomic E-state index is 0.0561. The average Bonchev–Trinajstić information content (AvgIpc) is 2.85. The lowest BCUT2D eigenvalue weighted by Crippen LogP contribution is -2.27. The van der Waals surface area contributed by atoms with Crippen molar-refractivity contribution in [2.24, 2.45) is 0 Å². The summed E-state index contributed by atoms with van der Waals surface area (Å²) >= 11 is 0. The predicted molar refractivity (Wildman–Crippen MR) is 77.1 cm³/mol. The number of pyridine rings is 1. The first-order valence-corrected chi connectivity index (χ1v) is 6.84. The topological polar surface area (TPSA) is 42.7 Å². The van der Waals surface area contributed by atoms with Crippen molar-refractivity contribution in [1.29, 1.82) is 0 Å². The van der Waals surface area contributed by atoms with E-state index in [9.17, 15) is 0 Å². The zero-order chi connectivity index (χ0) is 13.8. The van der Waals surface area contributed by atoms with Crippen molar-refractivity contribution in [3.63, 3.8) is 0 Å². The molecule has 0 aliphatic heterocycles. The van der Waals surface area contributed by atoms with Crippen LogP contribution < -0.4 is 5.32 Å². The highest BCUT2D eigenvalue weighted by molar-refractivity contribution is 5.29. The molecule has 1 atom stereocenters. The zero-order valence-corrected chi connectivity index (χ0v) is 12.1. The molecular formula is C15H22N4. The molecule has 0 aliphatic rings. The lowest BCUT2D eigenvalue weighted by Gasteiger charge is -2.20. The van der Waals surface area contributed by atoms with Gasteiger partial charge in [0.15, 0.2) is 0 Å². The van der Waals surface area contributed by atoms with Crippen LogP contribution in [0.15, 0.2) is 24.7 Å². The van der Waals surface area contributed by atoms with E-state index in [1.165, 1.54) is 11.1 Å². The lowest BCUT2D eigenvalue weighted by atomic mass is 10.1. The Balaban J connectivity index is 2.45. The third kappa shape index (κ3) is 2.84. The van der Waals surface area contributed by atoms with Crippen LogP contribution >= 0.6 is 0 Å². The SMILES string of the molecule is CCNC(c1ncc(C)cc1C)c1nccn1CC. The van der Waals surface area contributed by atoms with E-state index < -0.39 is 0 Å². The van der Waals surface area contributed by atoms with Crippen LogP contribution in [0.2, 0.25) is 0 Å². The second-order valence-electron chi connectivity index (χ2n) is 4.78. The Morgan fingerprint density at radius 1 is 1.26 bits per heavy atom. The molecule has 0 aromatic carbocycles. The highest BCUT2D eigenvalue weighted by atomic mass is 15.1. The molecule has 1 N–H and O–H groups in total. The van der Waals surface area contributed by atoms with E-state index in [2.05, 4.69) is 53.6 Å². The highest BCUT2D eigenvalue weighted by Gasteiger charge is 2.20. The molecule has 0 saturated carbocycles. The fourth-order valence-corrected chi connectivity index (χ4v) is 2.39. The maximum atomic E-state index is 4.61. The maximum absolute atomic E-state index is 4.61. The summed E-state index contributed by atoms with van der Waals surface area (Å²) in [5.74, 6) is 1.03. The minimum atomic E-state index is 0.0561. The van der Waals surface area contributed by atoms with E-state index in [-0.39, 0.29) is 6.04 Å². The third-order valence-electron chi connectivity index (χ3n) is 3.28. The molecule has 4 nitrogen and oxygen atoms in total. The molecule has 1 unspecified atom stereocenters. The molecule has 2 aromatic rings. The number of aromatic nitrogens is 3. The molecule has 2 rings (SSSR count). The summed E-state index contributed by atoms with van der Waals surface area (Å²) in [5, 5.41) is 3.49. The van der Waals surface area contributed by atoms with Crippen molar-refractivity contribution in [1.82, 2.24) is 19.9 Å². The Labute approximate surface area is 114 Å². The van der Waals surface area contributed by atoms with Crippen LogP contribution in [0.25, 0.3) is 0 Å². The molecule has 0 bridgehead atoms. The van der Waals surface area contributed by atoms with Gasteiger partial charge in [-0.05, 0) is 38.4 Å². The smallest absolute Gasteiger partial charge is 0.132 e. The van der Waals surface area contributed by atoms with Gasteiger partial charge in [0.2, 0.25) is 0 Å². The summed E-state index contributed by atoms with van der Waals surface area (Å²) in [6.45, 7) is 10.2. The van der Waals surface area contributed by atoms with Crippen molar-refractivity contribution < 1.29 is 0 Å². The van der Waals surface area contributed by atoms with Crippen molar-refractivity contribution >= 4 is 0 Å². The summed E-state index contributed by atoms with van der Waals surface area (Å²) in [7, 11) is 0. The average molecular weight is 258 g/mol. The van der Waals surface area contributed by atoms with E-state index in [0.29, 0.717) is 0 Å². The van der Waals surface area contributed by atoms with E-state index in [1.807, 2.05) is 18.6 Å². The second-order valence-corrected chi connectivity index (χ2v) is 4.78. The summed E-state index contributed by atoms with van der Waals surface area (Å²) in [4.78, 5) is 9.12. The first-order chi connectivity index (χ1) is 9.17. The Bertz CT molecular complexity index is 545. The summed E-state index contributed by atoms with van der Waals surface area (Å²) in [6, 6.07) is 2.23. The number of nitrogens with one attached hydrogen (secondary N) is 1. The summed E-state index contributed by atoms with van der Waals surface area (Å²) in [5.41, 5.74) is 3.46. The maximum Gasteiger partial charge on any atom is 0.132 e. The molecule has 0 radical (unpaired) electrons. The first-order valence-electron chi connectivity index (χ1n) is 6.84. The Morgan fingerprint density at radius 3 is 2.68 bits per heavy atom. The number of rotatable bonds is 5.